The smallest absolute Gasteiger partial charge is 0.141 e. The van der Waals surface area contributed by atoms with E-state index in [1.54, 1.807) is 0 Å². The number of hydrogen-bond donors (Lipinski definition) is 0. The molecule has 0 aromatic carbocycles. The van der Waals surface area contributed by atoms with Gasteiger partial charge in [0.1, 0.15) is 5.78 Å². The molecule has 2 heteroatoms. The fourth-order valence-electron chi connectivity index (χ4n) is 1.83. The fraction of sp³-hybridized carbons (Fsp3) is 0.900. The number of Topliss-reactive ketones (excluding diaryl/α,β-unsaturated/α-hetero) is 1. The van der Waals surface area contributed by atoms with Crippen molar-refractivity contribution in [1.29, 1.82) is 0 Å². The van der Waals surface area contributed by atoms with E-state index in [2.05, 4.69) is 25.7 Å². The van der Waals surface area contributed by atoms with Crippen LogP contribution in [0.15, 0.2) is 0 Å². The van der Waals surface area contributed by atoms with Crippen molar-refractivity contribution in [1.82, 2.24) is 4.90 Å². The van der Waals surface area contributed by atoms with Crippen molar-refractivity contribution < 1.29 is 4.79 Å². The van der Waals surface area contributed by atoms with E-state index in [1.165, 1.54) is 6.42 Å². The molecule has 0 atom stereocenters. The Labute approximate surface area is 74.9 Å². The summed E-state index contributed by atoms with van der Waals surface area (Å²) in [4.78, 5) is 13.8. The normalized spacial score (nSPS) is 24.4. The van der Waals surface area contributed by atoms with Crippen molar-refractivity contribution in [2.24, 2.45) is 5.41 Å². The summed E-state index contributed by atoms with van der Waals surface area (Å²) in [5, 5.41) is 0. The average Bonchev–Trinajstić information content (AvgIpc) is 1.97. The van der Waals surface area contributed by atoms with Gasteiger partial charge in [-0.05, 0) is 13.0 Å². The van der Waals surface area contributed by atoms with E-state index in [0.717, 1.165) is 26.1 Å². The van der Waals surface area contributed by atoms with Crippen molar-refractivity contribution in [3.05, 3.63) is 0 Å². The van der Waals surface area contributed by atoms with Crippen molar-refractivity contribution in [3.8, 4) is 0 Å². The number of rotatable bonds is 2. The highest BCUT2D eigenvalue weighted by Gasteiger charge is 2.33. The minimum Gasteiger partial charge on any atom is -0.302 e. The van der Waals surface area contributed by atoms with Gasteiger partial charge < -0.3 is 4.90 Å². The molecular weight excluding hydrogens is 150 g/mol. The van der Waals surface area contributed by atoms with Crippen molar-refractivity contribution in [3.63, 3.8) is 0 Å². The molecule has 70 valence electrons. The molecule has 0 aromatic rings. The molecule has 0 aromatic heterocycles. The molecule has 0 radical (unpaired) electrons. The van der Waals surface area contributed by atoms with Crippen molar-refractivity contribution >= 4 is 5.78 Å². The fourth-order valence-corrected chi connectivity index (χ4v) is 1.83. The van der Waals surface area contributed by atoms with E-state index in [0.29, 0.717) is 5.78 Å². The molecule has 12 heavy (non-hydrogen) atoms. The second-order valence-corrected chi connectivity index (χ2v) is 4.33. The largest absolute Gasteiger partial charge is 0.302 e. The SMILES string of the molecule is CCCN1CCC(=O)C(C)(C)C1. The van der Waals surface area contributed by atoms with Gasteiger partial charge in [-0.15, -0.1) is 0 Å². The van der Waals surface area contributed by atoms with Crippen LogP contribution in [0.25, 0.3) is 0 Å². The van der Waals surface area contributed by atoms with Gasteiger partial charge in [0.15, 0.2) is 0 Å². The summed E-state index contributed by atoms with van der Waals surface area (Å²) in [5.74, 6) is 0.426. The van der Waals surface area contributed by atoms with E-state index in [-0.39, 0.29) is 5.41 Å². The Kier molecular flexibility index (Phi) is 2.89. The summed E-state index contributed by atoms with van der Waals surface area (Å²) in [6.07, 6.45) is 1.93. The van der Waals surface area contributed by atoms with Crippen LogP contribution in [0.4, 0.5) is 0 Å². The molecule has 0 N–H and O–H groups in total. The van der Waals surface area contributed by atoms with Gasteiger partial charge in [-0.2, -0.15) is 0 Å². The van der Waals surface area contributed by atoms with Gasteiger partial charge >= 0.3 is 0 Å². The second-order valence-electron chi connectivity index (χ2n) is 4.33. The molecular formula is C10H19NO. The summed E-state index contributed by atoms with van der Waals surface area (Å²) in [7, 11) is 0. The maximum Gasteiger partial charge on any atom is 0.141 e. The van der Waals surface area contributed by atoms with E-state index in [1.807, 2.05) is 0 Å². The van der Waals surface area contributed by atoms with Crippen LogP contribution in [0, 0.1) is 5.41 Å². The number of hydrogen-bond acceptors (Lipinski definition) is 2. The quantitative estimate of drug-likeness (QED) is 0.627. The molecule has 2 nitrogen and oxygen atoms in total. The van der Waals surface area contributed by atoms with Gasteiger partial charge in [-0.1, -0.05) is 20.8 Å². The minimum atomic E-state index is -0.104. The van der Waals surface area contributed by atoms with E-state index in [4.69, 9.17) is 0 Å². The lowest BCUT2D eigenvalue weighted by molar-refractivity contribution is -0.131. The molecule has 1 fully saturated rings. The summed E-state index contributed by atoms with van der Waals surface area (Å²) in [6.45, 7) is 9.34. The first-order chi connectivity index (χ1) is 5.56. The molecule has 0 spiro atoms. The summed E-state index contributed by atoms with van der Waals surface area (Å²) in [5.41, 5.74) is -0.104. The third-order valence-corrected chi connectivity index (χ3v) is 2.57. The Hall–Kier alpha value is -0.370. The van der Waals surface area contributed by atoms with Gasteiger partial charge in [0.25, 0.3) is 0 Å². The number of carbonyl (C=O) groups is 1. The van der Waals surface area contributed by atoms with Crippen LogP contribution in [0.1, 0.15) is 33.6 Å². The third-order valence-electron chi connectivity index (χ3n) is 2.57. The number of likely N-dealkylation sites (tertiary alicyclic amines) is 1. The van der Waals surface area contributed by atoms with Gasteiger partial charge in [0.2, 0.25) is 0 Å². The first kappa shape index (κ1) is 9.72. The molecule has 1 aliphatic rings. The van der Waals surface area contributed by atoms with Crippen LogP contribution in [0.3, 0.4) is 0 Å². The predicted molar refractivity (Wildman–Crippen MR) is 50.1 cm³/mol. The monoisotopic (exact) mass is 169 g/mol. The van der Waals surface area contributed by atoms with E-state index < -0.39 is 0 Å². The Morgan fingerprint density at radius 1 is 1.50 bits per heavy atom. The first-order valence-electron chi connectivity index (χ1n) is 4.82. The number of nitrogens with zero attached hydrogens (tertiary/aromatic N) is 1. The lowest BCUT2D eigenvalue weighted by atomic mass is 9.83. The zero-order valence-electron chi connectivity index (χ0n) is 8.39. The molecule has 0 aliphatic carbocycles. The Morgan fingerprint density at radius 3 is 2.67 bits per heavy atom. The Bertz CT molecular complexity index is 175. The Morgan fingerprint density at radius 2 is 2.17 bits per heavy atom. The van der Waals surface area contributed by atoms with Crippen LogP contribution in [0.2, 0.25) is 0 Å². The van der Waals surface area contributed by atoms with Gasteiger partial charge in [0.05, 0.1) is 0 Å². The molecule has 1 rings (SSSR count). The zero-order valence-corrected chi connectivity index (χ0v) is 8.39. The summed E-state index contributed by atoms with van der Waals surface area (Å²) < 4.78 is 0. The third kappa shape index (κ3) is 2.07. The van der Waals surface area contributed by atoms with Crippen LogP contribution >= 0.6 is 0 Å². The molecule has 0 unspecified atom stereocenters. The van der Waals surface area contributed by atoms with Gasteiger partial charge in [-0.25, -0.2) is 0 Å². The van der Waals surface area contributed by atoms with Crippen molar-refractivity contribution in [2.45, 2.75) is 33.6 Å². The van der Waals surface area contributed by atoms with E-state index in [9.17, 15) is 4.79 Å². The molecule has 0 bridgehead atoms. The van der Waals surface area contributed by atoms with Gasteiger partial charge in [0, 0.05) is 24.9 Å². The lowest BCUT2D eigenvalue weighted by Gasteiger charge is -2.36. The Balaban J connectivity index is 2.51. The lowest BCUT2D eigenvalue weighted by Crippen LogP contribution is -2.46. The number of piperidine rings is 1. The molecule has 0 amide bonds. The van der Waals surface area contributed by atoms with E-state index >= 15 is 0 Å². The topological polar surface area (TPSA) is 20.3 Å². The van der Waals surface area contributed by atoms with Crippen LogP contribution in [-0.4, -0.2) is 30.3 Å². The van der Waals surface area contributed by atoms with Gasteiger partial charge in [-0.3, -0.25) is 4.79 Å². The van der Waals surface area contributed by atoms with Crippen molar-refractivity contribution in [2.75, 3.05) is 19.6 Å². The maximum atomic E-state index is 11.4. The molecule has 1 aliphatic heterocycles. The standard InChI is InChI=1S/C10H19NO/c1-4-6-11-7-5-9(12)10(2,3)8-11/h4-8H2,1-3H3. The zero-order chi connectivity index (χ0) is 9.19. The molecule has 1 heterocycles. The van der Waals surface area contributed by atoms with Crippen LogP contribution in [-0.2, 0) is 4.79 Å². The molecule has 1 saturated heterocycles. The summed E-state index contributed by atoms with van der Waals surface area (Å²) in [6, 6.07) is 0. The number of carbonyl (C=O) groups excluding carboxylic acids is 1. The first-order valence-corrected chi connectivity index (χ1v) is 4.82. The maximum absolute atomic E-state index is 11.4. The van der Waals surface area contributed by atoms with Crippen LogP contribution in [0.5, 0.6) is 0 Å². The molecule has 0 saturated carbocycles. The second kappa shape index (κ2) is 3.56. The highest BCUT2D eigenvalue weighted by atomic mass is 16.1. The minimum absolute atomic E-state index is 0.104. The highest BCUT2D eigenvalue weighted by Crippen LogP contribution is 2.24. The predicted octanol–water partition coefficient (Wildman–Crippen LogP) is 1.70. The summed E-state index contributed by atoms with van der Waals surface area (Å²) >= 11 is 0. The van der Waals surface area contributed by atoms with Crippen LogP contribution < -0.4 is 0 Å². The highest BCUT2D eigenvalue weighted by molar-refractivity contribution is 5.85. The average molecular weight is 169 g/mol. The number of ketones is 1.